The third kappa shape index (κ3) is 1.93. The van der Waals surface area contributed by atoms with Gasteiger partial charge in [0.05, 0.1) is 19.0 Å². The Morgan fingerprint density at radius 1 is 1.64 bits per heavy atom. The minimum atomic E-state index is 0.583. The Morgan fingerprint density at radius 3 is 2.91 bits per heavy atom. The summed E-state index contributed by atoms with van der Waals surface area (Å²) in [6, 6.07) is 3.55. The molecular weight excluding hydrogens is 142 g/mol. The number of hydrogen-bond donors (Lipinski definition) is 1. The number of ether oxygens (including phenoxy) is 1. The normalized spacial score (nSPS) is 8.82. The SMILES string of the molecule is C=NNc1ccc(OC)nc1. The zero-order chi connectivity index (χ0) is 8.10. The lowest BCUT2D eigenvalue weighted by Gasteiger charge is -1.99. The molecule has 0 radical (unpaired) electrons. The Hall–Kier alpha value is -1.58. The van der Waals surface area contributed by atoms with Crippen LogP contribution in [0.2, 0.25) is 0 Å². The van der Waals surface area contributed by atoms with Gasteiger partial charge >= 0.3 is 0 Å². The number of pyridine rings is 1. The summed E-state index contributed by atoms with van der Waals surface area (Å²) in [6.07, 6.45) is 1.62. The molecule has 58 valence electrons. The second-order valence-electron chi connectivity index (χ2n) is 1.86. The van der Waals surface area contributed by atoms with Crippen molar-refractivity contribution in [3.63, 3.8) is 0 Å². The summed E-state index contributed by atoms with van der Waals surface area (Å²) < 4.78 is 4.86. The van der Waals surface area contributed by atoms with E-state index in [0.717, 1.165) is 5.69 Å². The summed E-state index contributed by atoms with van der Waals surface area (Å²) in [4.78, 5) is 3.94. The van der Waals surface area contributed by atoms with Crippen LogP contribution in [-0.4, -0.2) is 18.8 Å². The van der Waals surface area contributed by atoms with E-state index in [1.54, 1.807) is 25.4 Å². The molecule has 0 saturated carbocycles. The van der Waals surface area contributed by atoms with Crippen LogP contribution in [0.4, 0.5) is 5.69 Å². The molecule has 0 aliphatic carbocycles. The van der Waals surface area contributed by atoms with Crippen LogP contribution in [0.1, 0.15) is 0 Å². The molecule has 1 aromatic rings. The van der Waals surface area contributed by atoms with E-state index >= 15 is 0 Å². The predicted octanol–water partition coefficient (Wildman–Crippen LogP) is 1.12. The van der Waals surface area contributed by atoms with Crippen LogP contribution in [0.25, 0.3) is 0 Å². The minimum absolute atomic E-state index is 0.583. The smallest absolute Gasteiger partial charge is 0.213 e. The van der Waals surface area contributed by atoms with E-state index in [1.807, 2.05) is 0 Å². The lowest BCUT2D eigenvalue weighted by molar-refractivity contribution is 0.398. The van der Waals surface area contributed by atoms with Crippen molar-refractivity contribution in [3.8, 4) is 5.88 Å². The highest BCUT2D eigenvalue weighted by Crippen LogP contribution is 2.09. The highest BCUT2D eigenvalue weighted by Gasteiger charge is 1.91. The Balaban J connectivity index is 2.74. The molecule has 0 aliphatic rings. The van der Waals surface area contributed by atoms with Gasteiger partial charge in [0.25, 0.3) is 0 Å². The predicted molar refractivity (Wildman–Crippen MR) is 44.0 cm³/mol. The molecule has 0 atom stereocenters. The average Bonchev–Trinajstić information content (AvgIpc) is 2.07. The zero-order valence-electron chi connectivity index (χ0n) is 6.24. The lowest BCUT2D eigenvalue weighted by atomic mass is 10.4. The fourth-order valence-corrected chi connectivity index (χ4v) is 0.658. The molecule has 11 heavy (non-hydrogen) atoms. The Bertz CT molecular complexity index is 232. The summed E-state index contributed by atoms with van der Waals surface area (Å²) in [5.74, 6) is 0.583. The molecule has 4 heteroatoms. The number of rotatable bonds is 3. The number of nitrogens with one attached hydrogen (secondary N) is 1. The standard InChI is InChI=1S/C7H9N3O/c1-8-10-6-3-4-7(11-2)9-5-6/h3-5,10H,1H2,2H3. The van der Waals surface area contributed by atoms with E-state index in [1.165, 1.54) is 0 Å². The van der Waals surface area contributed by atoms with Gasteiger partial charge in [0.1, 0.15) is 0 Å². The lowest BCUT2D eigenvalue weighted by Crippen LogP contribution is -1.90. The minimum Gasteiger partial charge on any atom is -0.481 e. The van der Waals surface area contributed by atoms with Crippen LogP contribution >= 0.6 is 0 Å². The maximum atomic E-state index is 4.86. The molecule has 0 unspecified atom stereocenters. The van der Waals surface area contributed by atoms with Gasteiger partial charge < -0.3 is 4.74 Å². The Morgan fingerprint density at radius 2 is 2.45 bits per heavy atom. The zero-order valence-corrected chi connectivity index (χ0v) is 6.24. The third-order valence-electron chi connectivity index (χ3n) is 1.15. The largest absolute Gasteiger partial charge is 0.481 e. The Kier molecular flexibility index (Phi) is 2.43. The molecule has 0 bridgehead atoms. The van der Waals surface area contributed by atoms with Gasteiger partial charge in [0.2, 0.25) is 5.88 Å². The van der Waals surface area contributed by atoms with Gasteiger partial charge in [-0.05, 0) is 6.07 Å². The molecule has 0 spiro atoms. The molecule has 1 N–H and O–H groups in total. The molecule has 1 rings (SSSR count). The van der Waals surface area contributed by atoms with Crippen molar-refractivity contribution in [1.29, 1.82) is 0 Å². The summed E-state index contributed by atoms with van der Waals surface area (Å²) in [5.41, 5.74) is 3.45. The highest BCUT2D eigenvalue weighted by molar-refractivity contribution is 5.43. The van der Waals surface area contributed by atoms with Gasteiger partial charge in [-0.2, -0.15) is 5.10 Å². The summed E-state index contributed by atoms with van der Waals surface area (Å²) in [7, 11) is 1.57. The second kappa shape index (κ2) is 3.55. The highest BCUT2D eigenvalue weighted by atomic mass is 16.5. The van der Waals surface area contributed by atoms with Gasteiger partial charge in [-0.25, -0.2) is 4.98 Å². The first-order valence-electron chi connectivity index (χ1n) is 3.08. The van der Waals surface area contributed by atoms with Crippen LogP contribution in [0.3, 0.4) is 0 Å². The van der Waals surface area contributed by atoms with Gasteiger partial charge in [-0.1, -0.05) is 0 Å². The van der Waals surface area contributed by atoms with Gasteiger partial charge in [0.15, 0.2) is 0 Å². The first-order chi connectivity index (χ1) is 5.36. The number of anilines is 1. The van der Waals surface area contributed by atoms with E-state index in [2.05, 4.69) is 22.2 Å². The van der Waals surface area contributed by atoms with Crippen LogP contribution < -0.4 is 10.2 Å². The van der Waals surface area contributed by atoms with Gasteiger partial charge in [-0.15, -0.1) is 0 Å². The first-order valence-corrected chi connectivity index (χ1v) is 3.08. The second-order valence-corrected chi connectivity index (χ2v) is 1.86. The number of methoxy groups -OCH3 is 1. The number of aromatic nitrogens is 1. The van der Waals surface area contributed by atoms with E-state index in [9.17, 15) is 0 Å². The van der Waals surface area contributed by atoms with Crippen LogP contribution in [0.5, 0.6) is 5.88 Å². The quantitative estimate of drug-likeness (QED) is 0.520. The van der Waals surface area contributed by atoms with Crippen molar-refractivity contribution in [2.75, 3.05) is 12.5 Å². The Labute approximate surface area is 64.9 Å². The molecule has 0 amide bonds. The third-order valence-corrected chi connectivity index (χ3v) is 1.15. The fraction of sp³-hybridized carbons (Fsp3) is 0.143. The number of nitrogens with zero attached hydrogens (tertiary/aromatic N) is 2. The van der Waals surface area contributed by atoms with Crippen molar-refractivity contribution < 1.29 is 4.74 Å². The van der Waals surface area contributed by atoms with Crippen molar-refractivity contribution in [1.82, 2.24) is 4.98 Å². The van der Waals surface area contributed by atoms with Crippen molar-refractivity contribution in [2.24, 2.45) is 5.10 Å². The van der Waals surface area contributed by atoms with Gasteiger partial charge in [-0.3, -0.25) is 5.43 Å². The van der Waals surface area contributed by atoms with Crippen molar-refractivity contribution >= 4 is 12.4 Å². The van der Waals surface area contributed by atoms with E-state index < -0.39 is 0 Å². The van der Waals surface area contributed by atoms with E-state index in [4.69, 9.17) is 4.74 Å². The maximum Gasteiger partial charge on any atom is 0.213 e. The molecular formula is C7H9N3O. The maximum absolute atomic E-state index is 4.86. The van der Waals surface area contributed by atoms with Crippen LogP contribution in [-0.2, 0) is 0 Å². The molecule has 1 heterocycles. The molecule has 0 aliphatic heterocycles. The van der Waals surface area contributed by atoms with Gasteiger partial charge in [0, 0.05) is 12.8 Å². The number of hydrazone groups is 1. The van der Waals surface area contributed by atoms with Crippen LogP contribution in [0.15, 0.2) is 23.4 Å². The first kappa shape index (κ1) is 7.53. The topological polar surface area (TPSA) is 46.5 Å². The molecule has 0 fully saturated rings. The summed E-state index contributed by atoms with van der Waals surface area (Å²) in [6.45, 7) is 3.28. The summed E-state index contributed by atoms with van der Waals surface area (Å²) in [5, 5.41) is 3.48. The van der Waals surface area contributed by atoms with E-state index in [0.29, 0.717) is 5.88 Å². The molecule has 4 nitrogen and oxygen atoms in total. The average molecular weight is 151 g/mol. The number of hydrogen-bond acceptors (Lipinski definition) is 4. The van der Waals surface area contributed by atoms with Crippen LogP contribution in [0, 0.1) is 0 Å². The summed E-state index contributed by atoms with van der Waals surface area (Å²) >= 11 is 0. The molecule has 0 saturated heterocycles. The van der Waals surface area contributed by atoms with E-state index in [-0.39, 0.29) is 0 Å². The van der Waals surface area contributed by atoms with Crippen molar-refractivity contribution in [3.05, 3.63) is 18.3 Å². The van der Waals surface area contributed by atoms with Crippen molar-refractivity contribution in [2.45, 2.75) is 0 Å². The molecule has 0 aromatic carbocycles. The monoisotopic (exact) mass is 151 g/mol. The molecule has 1 aromatic heterocycles. The fourth-order valence-electron chi connectivity index (χ4n) is 0.658.